The summed E-state index contributed by atoms with van der Waals surface area (Å²) in [6, 6.07) is 9.85. The third-order valence-corrected chi connectivity index (χ3v) is 3.65. The topological polar surface area (TPSA) is 83.5 Å². The zero-order valence-corrected chi connectivity index (χ0v) is 13.3. The standard InChI is InChI=1S/C15H17BrN4O/c1-2-10-8-12(16)5-6-13(10)19-9-11-4-3-7-18-14(11)15(17)20-21/h3-8,19,21H,2,9H2,1H3,(H2,17,20). The van der Waals surface area contributed by atoms with Crippen molar-refractivity contribution in [2.24, 2.45) is 10.9 Å². The largest absolute Gasteiger partial charge is 0.409 e. The van der Waals surface area contributed by atoms with Crippen LogP contribution in [0, 0.1) is 0 Å². The highest BCUT2D eigenvalue weighted by atomic mass is 79.9. The first-order chi connectivity index (χ1) is 10.2. The van der Waals surface area contributed by atoms with Crippen LogP contribution in [0.3, 0.4) is 0 Å². The molecule has 0 fully saturated rings. The number of nitrogens with two attached hydrogens (primary N) is 1. The smallest absolute Gasteiger partial charge is 0.189 e. The Hall–Kier alpha value is -2.08. The number of halogens is 1. The predicted octanol–water partition coefficient (Wildman–Crippen LogP) is 3.11. The Morgan fingerprint density at radius 1 is 1.38 bits per heavy atom. The Balaban J connectivity index is 2.21. The number of anilines is 1. The van der Waals surface area contributed by atoms with Gasteiger partial charge in [-0.25, -0.2) is 0 Å². The minimum Gasteiger partial charge on any atom is -0.409 e. The molecule has 0 bridgehead atoms. The van der Waals surface area contributed by atoms with Crippen molar-refractivity contribution in [3.8, 4) is 0 Å². The van der Waals surface area contributed by atoms with Crippen LogP contribution in [0.1, 0.15) is 23.7 Å². The lowest BCUT2D eigenvalue weighted by Gasteiger charge is -2.13. The molecule has 2 rings (SSSR count). The van der Waals surface area contributed by atoms with Crippen molar-refractivity contribution in [1.82, 2.24) is 4.98 Å². The number of aryl methyl sites for hydroxylation is 1. The van der Waals surface area contributed by atoms with Gasteiger partial charge in [-0.1, -0.05) is 34.1 Å². The molecule has 5 nitrogen and oxygen atoms in total. The number of hydrogen-bond donors (Lipinski definition) is 3. The SMILES string of the molecule is CCc1cc(Br)ccc1NCc1cccnc1/C(N)=N/O. The van der Waals surface area contributed by atoms with E-state index in [0.717, 1.165) is 22.1 Å². The van der Waals surface area contributed by atoms with Crippen LogP contribution in [0.25, 0.3) is 0 Å². The van der Waals surface area contributed by atoms with Gasteiger partial charge in [0.2, 0.25) is 0 Å². The van der Waals surface area contributed by atoms with Crippen molar-refractivity contribution in [1.29, 1.82) is 0 Å². The maximum absolute atomic E-state index is 8.81. The van der Waals surface area contributed by atoms with Crippen molar-refractivity contribution >= 4 is 27.5 Å². The Bertz CT molecular complexity index is 658. The van der Waals surface area contributed by atoms with Gasteiger partial charge in [0.05, 0.1) is 0 Å². The van der Waals surface area contributed by atoms with Crippen LogP contribution in [-0.4, -0.2) is 16.0 Å². The summed E-state index contributed by atoms with van der Waals surface area (Å²) < 4.78 is 1.06. The molecule has 0 spiro atoms. The molecular weight excluding hydrogens is 332 g/mol. The lowest BCUT2D eigenvalue weighted by atomic mass is 10.1. The van der Waals surface area contributed by atoms with Crippen LogP contribution in [0.2, 0.25) is 0 Å². The first-order valence-electron chi connectivity index (χ1n) is 6.59. The molecule has 0 aliphatic rings. The van der Waals surface area contributed by atoms with Crippen molar-refractivity contribution in [3.63, 3.8) is 0 Å². The van der Waals surface area contributed by atoms with E-state index in [1.54, 1.807) is 6.20 Å². The van der Waals surface area contributed by atoms with Gasteiger partial charge < -0.3 is 16.3 Å². The number of rotatable bonds is 5. The average Bonchev–Trinajstić information content (AvgIpc) is 2.53. The highest BCUT2D eigenvalue weighted by Crippen LogP contribution is 2.22. The molecule has 0 saturated heterocycles. The monoisotopic (exact) mass is 348 g/mol. The minimum atomic E-state index is 0.0129. The first-order valence-corrected chi connectivity index (χ1v) is 7.39. The second-order valence-electron chi connectivity index (χ2n) is 4.50. The predicted molar refractivity (Wildman–Crippen MR) is 87.6 cm³/mol. The van der Waals surface area contributed by atoms with Gasteiger partial charge in [-0.3, -0.25) is 4.98 Å². The third kappa shape index (κ3) is 3.72. The summed E-state index contributed by atoms with van der Waals surface area (Å²) in [6.07, 6.45) is 2.55. The van der Waals surface area contributed by atoms with E-state index in [2.05, 4.69) is 44.4 Å². The van der Waals surface area contributed by atoms with Crippen LogP contribution in [0.15, 0.2) is 46.2 Å². The molecule has 1 heterocycles. The van der Waals surface area contributed by atoms with Crippen molar-refractivity contribution in [2.45, 2.75) is 19.9 Å². The molecule has 0 aliphatic carbocycles. The molecule has 0 atom stereocenters. The molecule has 6 heteroatoms. The Kier molecular flexibility index (Phi) is 5.16. The van der Waals surface area contributed by atoms with E-state index in [0.29, 0.717) is 12.2 Å². The number of aromatic nitrogens is 1. The van der Waals surface area contributed by atoms with Gasteiger partial charge in [0.1, 0.15) is 5.69 Å². The first kappa shape index (κ1) is 15.3. The number of amidine groups is 1. The summed E-state index contributed by atoms with van der Waals surface area (Å²) in [5.41, 5.74) is 9.29. The van der Waals surface area contributed by atoms with E-state index in [1.807, 2.05) is 24.3 Å². The molecule has 0 amide bonds. The zero-order chi connectivity index (χ0) is 15.2. The maximum Gasteiger partial charge on any atom is 0.189 e. The van der Waals surface area contributed by atoms with E-state index in [9.17, 15) is 0 Å². The van der Waals surface area contributed by atoms with Crippen molar-refractivity contribution in [3.05, 3.63) is 57.8 Å². The van der Waals surface area contributed by atoms with E-state index in [1.165, 1.54) is 5.56 Å². The quantitative estimate of drug-likeness (QED) is 0.335. The number of nitrogens with zero attached hydrogens (tertiary/aromatic N) is 2. The van der Waals surface area contributed by atoms with Crippen LogP contribution in [0.5, 0.6) is 0 Å². The molecule has 0 aliphatic heterocycles. The fraction of sp³-hybridized carbons (Fsp3) is 0.200. The van der Waals surface area contributed by atoms with E-state index < -0.39 is 0 Å². The number of oxime groups is 1. The molecule has 2 aromatic rings. The maximum atomic E-state index is 8.81. The van der Waals surface area contributed by atoms with Crippen LogP contribution in [0.4, 0.5) is 5.69 Å². The second-order valence-corrected chi connectivity index (χ2v) is 5.42. The summed E-state index contributed by atoms with van der Waals surface area (Å²) in [6.45, 7) is 2.66. The Labute approximate surface area is 132 Å². The normalized spacial score (nSPS) is 11.4. The molecule has 4 N–H and O–H groups in total. The Morgan fingerprint density at radius 2 is 2.19 bits per heavy atom. The second kappa shape index (κ2) is 7.08. The summed E-state index contributed by atoms with van der Waals surface area (Å²) >= 11 is 3.48. The fourth-order valence-corrected chi connectivity index (χ4v) is 2.49. The van der Waals surface area contributed by atoms with Crippen LogP contribution < -0.4 is 11.1 Å². The van der Waals surface area contributed by atoms with Gasteiger partial charge in [0, 0.05) is 28.5 Å². The molecular formula is C15H17BrN4O. The molecule has 1 aromatic heterocycles. The van der Waals surface area contributed by atoms with Gasteiger partial charge in [-0.15, -0.1) is 0 Å². The lowest BCUT2D eigenvalue weighted by molar-refractivity contribution is 0.318. The minimum absolute atomic E-state index is 0.0129. The van der Waals surface area contributed by atoms with Crippen LogP contribution in [-0.2, 0) is 13.0 Å². The number of nitrogens with one attached hydrogen (secondary N) is 1. The van der Waals surface area contributed by atoms with Crippen molar-refractivity contribution in [2.75, 3.05) is 5.32 Å². The van der Waals surface area contributed by atoms with Crippen LogP contribution >= 0.6 is 15.9 Å². The summed E-state index contributed by atoms with van der Waals surface area (Å²) in [4.78, 5) is 4.16. The highest BCUT2D eigenvalue weighted by molar-refractivity contribution is 9.10. The fourth-order valence-electron chi connectivity index (χ4n) is 2.08. The molecule has 0 saturated carbocycles. The third-order valence-electron chi connectivity index (χ3n) is 3.16. The van der Waals surface area contributed by atoms with E-state index >= 15 is 0 Å². The molecule has 21 heavy (non-hydrogen) atoms. The number of benzene rings is 1. The Morgan fingerprint density at radius 3 is 2.90 bits per heavy atom. The molecule has 0 radical (unpaired) electrons. The lowest BCUT2D eigenvalue weighted by Crippen LogP contribution is -2.18. The molecule has 1 aromatic carbocycles. The number of hydrogen-bond acceptors (Lipinski definition) is 4. The van der Waals surface area contributed by atoms with Gasteiger partial charge in [0.25, 0.3) is 0 Å². The van der Waals surface area contributed by atoms with Crippen molar-refractivity contribution < 1.29 is 5.21 Å². The summed E-state index contributed by atoms with van der Waals surface area (Å²) in [7, 11) is 0. The molecule has 0 unspecified atom stereocenters. The zero-order valence-electron chi connectivity index (χ0n) is 11.7. The van der Waals surface area contributed by atoms with Gasteiger partial charge in [-0.2, -0.15) is 0 Å². The van der Waals surface area contributed by atoms with E-state index in [4.69, 9.17) is 10.9 Å². The summed E-state index contributed by atoms with van der Waals surface area (Å²) in [5, 5.41) is 15.2. The van der Waals surface area contributed by atoms with E-state index in [-0.39, 0.29) is 5.84 Å². The van der Waals surface area contributed by atoms with Gasteiger partial charge >= 0.3 is 0 Å². The summed E-state index contributed by atoms with van der Waals surface area (Å²) in [5.74, 6) is 0.0129. The highest BCUT2D eigenvalue weighted by Gasteiger charge is 2.09. The number of pyridine rings is 1. The molecule has 110 valence electrons. The van der Waals surface area contributed by atoms with Gasteiger partial charge in [-0.05, 0) is 36.2 Å². The average molecular weight is 349 g/mol. The van der Waals surface area contributed by atoms with Gasteiger partial charge in [0.15, 0.2) is 5.84 Å².